The van der Waals surface area contributed by atoms with E-state index in [1.807, 2.05) is 32.4 Å². The molecule has 11 nitrogen and oxygen atoms in total. The Balaban J connectivity index is 5.07. The molecule has 0 amide bonds. The van der Waals surface area contributed by atoms with Crippen LogP contribution >= 0.6 is 64.8 Å². The normalized spacial score (nSPS) is 11.9. The summed E-state index contributed by atoms with van der Waals surface area (Å²) in [5.41, 5.74) is 0. The second-order valence-corrected chi connectivity index (χ2v) is 27.8. The van der Waals surface area contributed by atoms with E-state index < -0.39 is 0 Å². The summed E-state index contributed by atoms with van der Waals surface area (Å²) in [6, 6.07) is 0. The highest BCUT2D eigenvalue weighted by atomic mass is 33.1. The molecular formula is C58H111N3O8S6. The molecule has 0 aliphatic carbocycles. The largest absolute Gasteiger partial charge is 0.465 e. The summed E-state index contributed by atoms with van der Waals surface area (Å²) in [4.78, 5) is 58.0. The molecule has 0 aromatic carbocycles. The Morgan fingerprint density at radius 1 is 0.387 bits per heavy atom. The number of nitrogens with zero attached hydrogens (tertiary/aromatic N) is 3. The van der Waals surface area contributed by atoms with Crippen LogP contribution in [0.4, 0.5) is 0 Å². The number of hydrogen-bond acceptors (Lipinski definition) is 17. The number of carbonyl (C=O) groups excluding carboxylic acids is 4. The zero-order valence-electron chi connectivity index (χ0n) is 48.4. The van der Waals surface area contributed by atoms with Gasteiger partial charge in [0.2, 0.25) is 0 Å². The summed E-state index contributed by atoms with van der Waals surface area (Å²) >= 11 is 0. The van der Waals surface area contributed by atoms with E-state index in [1.165, 1.54) is 116 Å². The summed E-state index contributed by atoms with van der Waals surface area (Å²) in [5, 5.41) is 0. The molecule has 0 aliphatic rings. The van der Waals surface area contributed by atoms with Gasteiger partial charge in [-0.05, 0) is 91.1 Å². The number of unbranched alkanes of at least 4 members (excludes halogenated alkanes) is 17. The minimum Gasteiger partial charge on any atom is -0.465 e. The summed E-state index contributed by atoms with van der Waals surface area (Å²) in [6.45, 7) is 19.7. The maximum Gasteiger partial charge on any atom is 0.307 e. The molecule has 0 saturated carbocycles. The molecule has 0 fully saturated rings. The van der Waals surface area contributed by atoms with Crippen molar-refractivity contribution in [3.63, 3.8) is 0 Å². The van der Waals surface area contributed by atoms with E-state index in [9.17, 15) is 19.2 Å². The molecule has 0 aromatic heterocycles. The number of esters is 4. The molecule has 0 aliphatic heterocycles. The highest BCUT2D eigenvalue weighted by molar-refractivity contribution is 8.77. The van der Waals surface area contributed by atoms with Crippen LogP contribution in [0.25, 0.3) is 0 Å². The van der Waals surface area contributed by atoms with Gasteiger partial charge in [-0.25, -0.2) is 0 Å². The van der Waals surface area contributed by atoms with Crippen LogP contribution in [0.15, 0.2) is 12.7 Å². The van der Waals surface area contributed by atoms with Gasteiger partial charge in [-0.1, -0.05) is 214 Å². The van der Waals surface area contributed by atoms with Crippen LogP contribution in [-0.4, -0.2) is 158 Å². The van der Waals surface area contributed by atoms with Gasteiger partial charge in [-0.3, -0.25) is 19.2 Å². The van der Waals surface area contributed by atoms with Crippen LogP contribution < -0.4 is 0 Å². The van der Waals surface area contributed by atoms with Crippen molar-refractivity contribution < 1.29 is 38.1 Å². The van der Waals surface area contributed by atoms with Crippen molar-refractivity contribution in [3.05, 3.63) is 12.7 Å². The molecule has 442 valence electrons. The van der Waals surface area contributed by atoms with Crippen molar-refractivity contribution in [3.8, 4) is 0 Å². The van der Waals surface area contributed by atoms with E-state index in [0.29, 0.717) is 65.3 Å². The zero-order chi connectivity index (χ0) is 54.9. The van der Waals surface area contributed by atoms with E-state index in [-0.39, 0.29) is 42.8 Å². The maximum atomic E-state index is 12.9. The fourth-order valence-corrected chi connectivity index (χ4v) is 14.0. The lowest BCUT2D eigenvalue weighted by Gasteiger charge is -2.25. The molecule has 0 spiro atoms. The lowest BCUT2D eigenvalue weighted by atomic mass is 10.1. The van der Waals surface area contributed by atoms with E-state index in [1.54, 1.807) is 38.5 Å². The molecule has 75 heavy (non-hydrogen) atoms. The number of rotatable bonds is 60. The van der Waals surface area contributed by atoms with E-state index in [2.05, 4.69) is 56.0 Å². The van der Waals surface area contributed by atoms with Gasteiger partial charge < -0.3 is 33.6 Å². The first kappa shape index (κ1) is 74.6. The van der Waals surface area contributed by atoms with Crippen LogP contribution in [-0.2, 0) is 38.1 Å². The summed E-state index contributed by atoms with van der Waals surface area (Å²) < 4.78 is 22.6. The van der Waals surface area contributed by atoms with E-state index in [4.69, 9.17) is 18.9 Å². The van der Waals surface area contributed by atoms with Gasteiger partial charge in [-0.2, -0.15) is 0 Å². The van der Waals surface area contributed by atoms with Gasteiger partial charge >= 0.3 is 23.9 Å². The van der Waals surface area contributed by atoms with Gasteiger partial charge in [0.05, 0.1) is 19.3 Å². The lowest BCUT2D eigenvalue weighted by molar-refractivity contribution is -0.147. The minimum atomic E-state index is -0.274. The molecule has 0 radical (unpaired) electrons. The topological polar surface area (TPSA) is 115 Å². The number of carbonyl (C=O) groups is 4. The Hall–Kier alpha value is -0.400. The first-order valence-electron chi connectivity index (χ1n) is 29.8. The minimum absolute atomic E-state index is 0.156. The Morgan fingerprint density at radius 2 is 0.720 bits per heavy atom. The van der Waals surface area contributed by atoms with Crippen molar-refractivity contribution in [2.45, 2.75) is 220 Å². The van der Waals surface area contributed by atoms with Gasteiger partial charge in [0.15, 0.2) is 0 Å². The molecule has 0 heterocycles. The van der Waals surface area contributed by atoms with Gasteiger partial charge in [0.25, 0.3) is 0 Å². The van der Waals surface area contributed by atoms with Crippen LogP contribution in [0.2, 0.25) is 0 Å². The number of ether oxygens (including phenoxy) is 4. The number of hydrogen-bond donors (Lipinski definition) is 0. The van der Waals surface area contributed by atoms with Gasteiger partial charge in [-0.15, -0.1) is 0 Å². The van der Waals surface area contributed by atoms with Crippen molar-refractivity contribution in [2.24, 2.45) is 0 Å². The van der Waals surface area contributed by atoms with Crippen molar-refractivity contribution in [2.75, 3.05) is 114 Å². The molecule has 0 aromatic rings. The van der Waals surface area contributed by atoms with Crippen molar-refractivity contribution in [1.82, 2.24) is 14.7 Å². The zero-order valence-corrected chi connectivity index (χ0v) is 53.3. The third-order valence-corrected chi connectivity index (χ3v) is 20.1. The standard InChI is InChI=1S/C58H111N3O8S6/c1-7-12-16-19-22-26-48-70-73-51-45-66-55(62)33-29-39-60(42-34-56(63)67-46-52-74-71-49-27-23-20-17-13-8-2)40-30-37-59(6)38-31-41-61(44-36-58(65)69-54(11-5)32-25-15-10-4)43-35-57(64)68-47-53-75-72-50-28-24-21-18-14-9-3/h11,54H,5,7-10,12-53H2,1-4,6H3. The molecule has 0 N–H and O–H groups in total. The first-order chi connectivity index (χ1) is 36.7. The third kappa shape index (κ3) is 55.3. The Morgan fingerprint density at radius 3 is 1.13 bits per heavy atom. The van der Waals surface area contributed by atoms with E-state index >= 15 is 0 Å². The second kappa shape index (κ2) is 59.7. The average Bonchev–Trinajstić information content (AvgIpc) is 3.40. The highest BCUT2D eigenvalue weighted by Crippen LogP contribution is 2.25. The molecule has 17 heteroatoms. The second-order valence-electron chi connectivity index (χ2n) is 19.7. The predicted molar refractivity (Wildman–Crippen MR) is 335 cm³/mol. The van der Waals surface area contributed by atoms with Crippen molar-refractivity contribution in [1.29, 1.82) is 0 Å². The molecule has 0 bridgehead atoms. The summed E-state index contributed by atoms with van der Waals surface area (Å²) in [6.07, 6.45) is 32.6. The Bertz CT molecular complexity index is 1310. The van der Waals surface area contributed by atoms with Crippen LogP contribution in [0.3, 0.4) is 0 Å². The summed E-state index contributed by atoms with van der Waals surface area (Å²) in [7, 11) is 13.1. The van der Waals surface area contributed by atoms with Gasteiger partial charge in [0.1, 0.15) is 25.9 Å². The van der Waals surface area contributed by atoms with E-state index in [0.717, 1.165) is 99.2 Å². The molecule has 0 saturated heterocycles. The van der Waals surface area contributed by atoms with Crippen LogP contribution in [0.1, 0.15) is 214 Å². The molecular weight excluding hydrogens is 1060 g/mol. The van der Waals surface area contributed by atoms with Crippen LogP contribution in [0, 0.1) is 0 Å². The first-order valence-corrected chi connectivity index (χ1v) is 37.3. The average molecular weight is 1170 g/mol. The smallest absolute Gasteiger partial charge is 0.307 e. The van der Waals surface area contributed by atoms with Crippen molar-refractivity contribution >= 4 is 88.6 Å². The molecule has 1 atom stereocenters. The molecule has 1 unspecified atom stereocenters. The highest BCUT2D eigenvalue weighted by Gasteiger charge is 2.17. The Labute approximate surface area is 484 Å². The maximum absolute atomic E-state index is 12.9. The molecule has 0 rings (SSSR count). The fourth-order valence-electron chi connectivity index (χ4n) is 8.12. The fraction of sp³-hybridized carbons (Fsp3) is 0.897. The van der Waals surface area contributed by atoms with Gasteiger partial charge in [0, 0.05) is 60.6 Å². The third-order valence-electron chi connectivity index (χ3n) is 12.7. The van der Waals surface area contributed by atoms with Crippen LogP contribution in [0.5, 0.6) is 0 Å². The monoisotopic (exact) mass is 1170 g/mol. The summed E-state index contributed by atoms with van der Waals surface area (Å²) in [5.74, 6) is 5.05. The quantitative estimate of drug-likeness (QED) is 0.0189. The SMILES string of the molecule is C=CC(CCCCC)OC(=O)CCN(CCCN(C)CCCN(CCCC(=O)OCCSSCCCCCCCC)CCC(=O)OCCSSCCCCCCCC)CCC(=O)OCCSSCCCCCCCC. The lowest BCUT2D eigenvalue weighted by Crippen LogP contribution is -2.34. The predicted octanol–water partition coefficient (Wildman–Crippen LogP) is 15.8. The Kier molecular flexibility index (Phi) is 59.4.